The van der Waals surface area contributed by atoms with Gasteiger partial charge in [-0.1, -0.05) is 22.0 Å². The van der Waals surface area contributed by atoms with Gasteiger partial charge in [-0.05, 0) is 67.3 Å². The molecule has 0 saturated heterocycles. The van der Waals surface area contributed by atoms with Crippen LogP contribution >= 0.6 is 15.9 Å². The third-order valence-corrected chi connectivity index (χ3v) is 4.67. The van der Waals surface area contributed by atoms with E-state index in [1.807, 2.05) is 32.9 Å². The quantitative estimate of drug-likeness (QED) is 0.726. The zero-order chi connectivity index (χ0) is 14.9. The maximum Gasteiger partial charge on any atom is 0.167 e. The van der Waals surface area contributed by atoms with Crippen molar-refractivity contribution in [3.8, 4) is 0 Å². The van der Waals surface area contributed by atoms with Gasteiger partial charge in [0.05, 0.1) is 0 Å². The molecule has 0 amide bonds. The summed E-state index contributed by atoms with van der Waals surface area (Å²) in [6, 6.07) is 8.29. The van der Waals surface area contributed by atoms with E-state index in [0.717, 1.165) is 26.7 Å². The number of hydrogen-bond acceptors (Lipinski definition) is 1. The molecule has 0 spiro atoms. The summed E-state index contributed by atoms with van der Waals surface area (Å²) >= 11 is 3.49. The summed E-state index contributed by atoms with van der Waals surface area (Å²) in [7, 11) is 0. The average Bonchev–Trinajstić information content (AvgIpc) is 2.39. The van der Waals surface area contributed by atoms with E-state index in [1.54, 1.807) is 6.07 Å². The van der Waals surface area contributed by atoms with Crippen molar-refractivity contribution in [1.82, 2.24) is 0 Å². The minimum atomic E-state index is -0.304. The lowest BCUT2D eigenvalue weighted by atomic mass is 9.97. The lowest BCUT2D eigenvalue weighted by Crippen LogP contribution is -2.06. The smallest absolute Gasteiger partial charge is 0.167 e. The Balaban J connectivity index is 2.31. The second-order valence-electron chi connectivity index (χ2n) is 5.09. The highest BCUT2D eigenvalue weighted by atomic mass is 79.9. The summed E-state index contributed by atoms with van der Waals surface area (Å²) in [5, 5.41) is 0. The Kier molecular flexibility index (Phi) is 4.39. The number of hydrogen-bond donors (Lipinski definition) is 0. The van der Waals surface area contributed by atoms with Crippen LogP contribution in [0.5, 0.6) is 0 Å². The van der Waals surface area contributed by atoms with Crippen LogP contribution in [0.3, 0.4) is 0 Å². The van der Waals surface area contributed by atoms with Gasteiger partial charge in [0.25, 0.3) is 0 Å². The molecule has 0 bridgehead atoms. The zero-order valence-corrected chi connectivity index (χ0v) is 13.3. The highest BCUT2D eigenvalue weighted by Gasteiger charge is 2.12. The monoisotopic (exact) mass is 334 g/mol. The first-order chi connectivity index (χ1) is 9.38. The van der Waals surface area contributed by atoms with Crippen LogP contribution in [0.1, 0.15) is 32.6 Å². The standard InChI is InChI=1S/C17H16BrFO/c1-10-4-5-15(19)8-13(10)9-16(20)14-6-11(2)17(18)12(3)7-14/h4-8H,9H2,1-3H3. The summed E-state index contributed by atoms with van der Waals surface area (Å²) in [5.74, 6) is -0.293. The molecule has 1 nitrogen and oxygen atoms in total. The van der Waals surface area contributed by atoms with Gasteiger partial charge < -0.3 is 0 Å². The molecule has 0 aliphatic rings. The van der Waals surface area contributed by atoms with E-state index >= 15 is 0 Å². The van der Waals surface area contributed by atoms with Crippen molar-refractivity contribution in [2.75, 3.05) is 0 Å². The highest BCUT2D eigenvalue weighted by molar-refractivity contribution is 9.10. The number of Topliss-reactive ketones (excluding diaryl/α,β-unsaturated/α-hetero) is 1. The zero-order valence-electron chi connectivity index (χ0n) is 11.8. The van der Waals surface area contributed by atoms with Crippen LogP contribution < -0.4 is 0 Å². The van der Waals surface area contributed by atoms with Gasteiger partial charge in [0.15, 0.2) is 5.78 Å². The first-order valence-corrected chi connectivity index (χ1v) is 7.22. The van der Waals surface area contributed by atoms with Crippen LogP contribution in [-0.2, 0) is 6.42 Å². The molecule has 2 aromatic carbocycles. The van der Waals surface area contributed by atoms with Gasteiger partial charge in [-0.15, -0.1) is 0 Å². The number of aryl methyl sites for hydroxylation is 3. The molecule has 0 radical (unpaired) electrons. The van der Waals surface area contributed by atoms with E-state index in [2.05, 4.69) is 15.9 Å². The Bertz CT molecular complexity index is 654. The molecule has 0 aromatic heterocycles. The van der Waals surface area contributed by atoms with Crippen molar-refractivity contribution < 1.29 is 9.18 Å². The third kappa shape index (κ3) is 3.15. The van der Waals surface area contributed by atoms with E-state index in [-0.39, 0.29) is 18.0 Å². The fourth-order valence-corrected chi connectivity index (χ4v) is 2.44. The van der Waals surface area contributed by atoms with E-state index in [4.69, 9.17) is 0 Å². The molecule has 2 rings (SSSR count). The molecular weight excluding hydrogens is 319 g/mol. The van der Waals surface area contributed by atoms with E-state index < -0.39 is 0 Å². The van der Waals surface area contributed by atoms with Crippen LogP contribution in [0.25, 0.3) is 0 Å². The van der Waals surface area contributed by atoms with Gasteiger partial charge >= 0.3 is 0 Å². The van der Waals surface area contributed by atoms with E-state index in [0.29, 0.717) is 5.56 Å². The molecule has 0 heterocycles. The lowest BCUT2D eigenvalue weighted by molar-refractivity contribution is 0.0992. The first-order valence-electron chi connectivity index (χ1n) is 6.43. The van der Waals surface area contributed by atoms with Gasteiger partial charge in [-0.3, -0.25) is 4.79 Å². The molecule has 0 aliphatic heterocycles. The van der Waals surface area contributed by atoms with Crippen molar-refractivity contribution in [2.24, 2.45) is 0 Å². The van der Waals surface area contributed by atoms with Crippen molar-refractivity contribution in [2.45, 2.75) is 27.2 Å². The summed E-state index contributed by atoms with van der Waals surface area (Å²) in [6.45, 7) is 5.81. The molecule has 20 heavy (non-hydrogen) atoms. The van der Waals surface area contributed by atoms with Crippen molar-refractivity contribution in [3.63, 3.8) is 0 Å². The maximum atomic E-state index is 13.3. The Morgan fingerprint density at radius 1 is 1.05 bits per heavy atom. The Hall–Kier alpha value is -1.48. The second kappa shape index (κ2) is 5.88. The number of benzene rings is 2. The Morgan fingerprint density at radius 2 is 1.65 bits per heavy atom. The predicted octanol–water partition coefficient (Wildman–Crippen LogP) is 4.94. The predicted molar refractivity (Wildman–Crippen MR) is 82.8 cm³/mol. The fraction of sp³-hybridized carbons (Fsp3) is 0.235. The normalized spacial score (nSPS) is 10.7. The maximum absolute atomic E-state index is 13.3. The van der Waals surface area contributed by atoms with Crippen molar-refractivity contribution in [3.05, 3.63) is 68.4 Å². The number of carbonyl (C=O) groups is 1. The summed E-state index contributed by atoms with van der Waals surface area (Å²) in [5.41, 5.74) is 4.42. The van der Waals surface area contributed by atoms with Crippen LogP contribution in [0.2, 0.25) is 0 Å². The van der Waals surface area contributed by atoms with Crippen molar-refractivity contribution >= 4 is 21.7 Å². The molecule has 0 aliphatic carbocycles. The topological polar surface area (TPSA) is 17.1 Å². The van der Waals surface area contributed by atoms with Crippen molar-refractivity contribution in [1.29, 1.82) is 0 Å². The molecule has 2 aromatic rings. The largest absolute Gasteiger partial charge is 0.294 e. The van der Waals surface area contributed by atoms with Crippen LogP contribution in [0.4, 0.5) is 4.39 Å². The van der Waals surface area contributed by atoms with Gasteiger partial charge in [-0.25, -0.2) is 4.39 Å². The number of halogens is 2. The molecule has 0 N–H and O–H groups in total. The minimum Gasteiger partial charge on any atom is -0.294 e. The van der Waals surface area contributed by atoms with E-state index in [1.165, 1.54) is 12.1 Å². The third-order valence-electron chi connectivity index (χ3n) is 3.42. The van der Waals surface area contributed by atoms with Crippen LogP contribution in [-0.4, -0.2) is 5.78 Å². The number of ketones is 1. The summed E-state index contributed by atoms with van der Waals surface area (Å²) in [4.78, 5) is 12.4. The second-order valence-corrected chi connectivity index (χ2v) is 5.89. The van der Waals surface area contributed by atoms with Gasteiger partial charge in [0.2, 0.25) is 0 Å². The first kappa shape index (κ1) is 14.9. The Labute approximate surface area is 127 Å². The van der Waals surface area contributed by atoms with Gasteiger partial charge in [-0.2, -0.15) is 0 Å². The number of carbonyl (C=O) groups excluding carboxylic acids is 1. The number of rotatable bonds is 3. The van der Waals surface area contributed by atoms with Crippen LogP contribution in [0.15, 0.2) is 34.8 Å². The average molecular weight is 335 g/mol. The minimum absolute atomic E-state index is 0.0115. The Morgan fingerprint density at radius 3 is 2.25 bits per heavy atom. The molecule has 0 unspecified atom stereocenters. The van der Waals surface area contributed by atoms with Gasteiger partial charge in [0.1, 0.15) is 5.82 Å². The lowest BCUT2D eigenvalue weighted by Gasteiger charge is -2.09. The molecular formula is C17H16BrFO. The molecule has 104 valence electrons. The molecule has 3 heteroatoms. The summed E-state index contributed by atoms with van der Waals surface area (Å²) in [6.07, 6.45) is 0.226. The van der Waals surface area contributed by atoms with Crippen LogP contribution in [0, 0.1) is 26.6 Å². The SMILES string of the molecule is Cc1ccc(F)cc1CC(=O)c1cc(C)c(Br)c(C)c1. The van der Waals surface area contributed by atoms with E-state index in [9.17, 15) is 9.18 Å². The summed E-state index contributed by atoms with van der Waals surface area (Å²) < 4.78 is 14.3. The molecule has 0 atom stereocenters. The fourth-order valence-electron chi connectivity index (χ4n) is 2.21. The molecule has 0 saturated carbocycles. The molecule has 0 fully saturated rings. The highest BCUT2D eigenvalue weighted by Crippen LogP contribution is 2.23. The van der Waals surface area contributed by atoms with Gasteiger partial charge in [0, 0.05) is 16.5 Å².